The Bertz CT molecular complexity index is 661. The van der Waals surface area contributed by atoms with E-state index in [0.717, 1.165) is 55.8 Å². The monoisotopic (exact) mass is 360 g/mol. The van der Waals surface area contributed by atoms with Gasteiger partial charge in [-0.25, -0.2) is 0 Å². The summed E-state index contributed by atoms with van der Waals surface area (Å²) in [6.07, 6.45) is 3.68. The summed E-state index contributed by atoms with van der Waals surface area (Å²) < 4.78 is 10.4. The van der Waals surface area contributed by atoms with Gasteiger partial charge in [-0.3, -0.25) is 14.5 Å². The first-order valence-corrected chi connectivity index (χ1v) is 9.48. The maximum atomic E-state index is 12.9. The van der Waals surface area contributed by atoms with Gasteiger partial charge in [-0.2, -0.15) is 0 Å². The summed E-state index contributed by atoms with van der Waals surface area (Å²) in [5, 5.41) is 0. The Balaban J connectivity index is 1.64. The van der Waals surface area contributed by atoms with Crippen LogP contribution in [0.1, 0.15) is 31.7 Å². The third-order valence-corrected chi connectivity index (χ3v) is 5.19. The Morgan fingerprint density at radius 1 is 1.23 bits per heavy atom. The van der Waals surface area contributed by atoms with Gasteiger partial charge in [0.05, 0.1) is 26.2 Å². The van der Waals surface area contributed by atoms with Crippen LogP contribution in [0.3, 0.4) is 0 Å². The summed E-state index contributed by atoms with van der Waals surface area (Å²) in [6.45, 7) is 4.78. The lowest BCUT2D eigenvalue weighted by Crippen LogP contribution is -2.47. The van der Waals surface area contributed by atoms with Gasteiger partial charge in [-0.15, -0.1) is 0 Å². The molecule has 1 aromatic rings. The molecule has 0 saturated carbocycles. The zero-order chi connectivity index (χ0) is 18.5. The number of aryl methyl sites for hydroxylation is 1. The molecule has 1 saturated heterocycles. The number of amides is 1. The molecule has 0 N–H and O–H groups in total. The molecule has 1 unspecified atom stereocenters. The van der Waals surface area contributed by atoms with Crippen molar-refractivity contribution in [1.82, 2.24) is 4.90 Å². The quantitative estimate of drug-likeness (QED) is 0.754. The number of piperidine rings is 1. The number of rotatable bonds is 5. The molecule has 6 heteroatoms. The molecule has 0 bridgehead atoms. The number of fused-ring (bicyclic) bond motifs is 1. The van der Waals surface area contributed by atoms with E-state index in [9.17, 15) is 9.59 Å². The van der Waals surface area contributed by atoms with Gasteiger partial charge in [0.25, 0.3) is 0 Å². The van der Waals surface area contributed by atoms with E-state index in [4.69, 9.17) is 9.47 Å². The summed E-state index contributed by atoms with van der Waals surface area (Å²) in [4.78, 5) is 28.9. The van der Waals surface area contributed by atoms with E-state index in [-0.39, 0.29) is 17.8 Å². The Labute approximate surface area is 155 Å². The van der Waals surface area contributed by atoms with Crippen LogP contribution in [-0.2, 0) is 20.7 Å². The van der Waals surface area contributed by atoms with Crippen LogP contribution in [0.2, 0.25) is 0 Å². The standard InChI is InChI=1S/C20H28N2O4/c1-3-26-20(24)16-7-4-10-21(13-16)14-19(23)22-11-5-6-15-12-17(25-2)8-9-18(15)22/h8-9,12,16H,3-7,10-11,13-14H2,1-2H3. The number of esters is 1. The van der Waals surface area contributed by atoms with Gasteiger partial charge >= 0.3 is 5.97 Å². The fraction of sp³-hybridized carbons (Fsp3) is 0.600. The predicted octanol–water partition coefficient (Wildman–Crippen LogP) is 2.25. The molecule has 0 spiro atoms. The topological polar surface area (TPSA) is 59.1 Å². The molecule has 1 fully saturated rings. The largest absolute Gasteiger partial charge is 0.497 e. The number of ether oxygens (including phenoxy) is 2. The van der Waals surface area contributed by atoms with Crippen molar-refractivity contribution in [3.8, 4) is 5.75 Å². The number of nitrogens with zero attached hydrogens (tertiary/aromatic N) is 2. The molecule has 6 nitrogen and oxygen atoms in total. The normalized spacial score (nSPS) is 20.4. The minimum absolute atomic E-state index is 0.0978. The first-order chi connectivity index (χ1) is 12.6. The van der Waals surface area contributed by atoms with Crippen LogP contribution < -0.4 is 9.64 Å². The van der Waals surface area contributed by atoms with Gasteiger partial charge in [0.2, 0.25) is 5.91 Å². The van der Waals surface area contributed by atoms with E-state index in [1.165, 1.54) is 0 Å². The maximum absolute atomic E-state index is 12.9. The number of likely N-dealkylation sites (tertiary alicyclic amines) is 1. The lowest BCUT2D eigenvalue weighted by Gasteiger charge is -2.34. The second-order valence-corrected chi connectivity index (χ2v) is 6.97. The smallest absolute Gasteiger partial charge is 0.310 e. The lowest BCUT2D eigenvalue weighted by molar-refractivity contribution is -0.150. The number of carbonyl (C=O) groups is 2. The van der Waals surface area contributed by atoms with Crippen molar-refractivity contribution in [3.05, 3.63) is 23.8 Å². The van der Waals surface area contributed by atoms with E-state index in [1.54, 1.807) is 7.11 Å². The Morgan fingerprint density at radius 2 is 2.08 bits per heavy atom. The SMILES string of the molecule is CCOC(=O)C1CCCN(CC(=O)N2CCCc3cc(OC)ccc32)C1. The first kappa shape index (κ1) is 18.7. The highest BCUT2D eigenvalue weighted by atomic mass is 16.5. The molecule has 1 atom stereocenters. The average Bonchev–Trinajstić information content (AvgIpc) is 2.67. The second kappa shape index (κ2) is 8.54. The fourth-order valence-corrected chi connectivity index (χ4v) is 3.89. The minimum atomic E-state index is -0.139. The molecule has 0 aromatic heterocycles. The van der Waals surface area contributed by atoms with Crippen LogP contribution >= 0.6 is 0 Å². The highest BCUT2D eigenvalue weighted by molar-refractivity contribution is 5.96. The van der Waals surface area contributed by atoms with E-state index < -0.39 is 0 Å². The van der Waals surface area contributed by atoms with Gasteiger partial charge in [-0.1, -0.05) is 0 Å². The Morgan fingerprint density at radius 3 is 2.85 bits per heavy atom. The van der Waals surface area contributed by atoms with Gasteiger partial charge < -0.3 is 14.4 Å². The molecule has 2 heterocycles. The molecule has 26 heavy (non-hydrogen) atoms. The number of methoxy groups -OCH3 is 1. The number of hydrogen-bond donors (Lipinski definition) is 0. The van der Waals surface area contributed by atoms with Gasteiger partial charge in [0.1, 0.15) is 5.75 Å². The molecule has 2 aliphatic heterocycles. The minimum Gasteiger partial charge on any atom is -0.497 e. The van der Waals surface area contributed by atoms with Crippen molar-refractivity contribution in [3.63, 3.8) is 0 Å². The van der Waals surface area contributed by atoms with E-state index >= 15 is 0 Å². The van der Waals surface area contributed by atoms with Crippen LogP contribution in [0.15, 0.2) is 18.2 Å². The van der Waals surface area contributed by atoms with Crippen molar-refractivity contribution in [1.29, 1.82) is 0 Å². The molecule has 142 valence electrons. The van der Waals surface area contributed by atoms with Crippen molar-refractivity contribution in [2.75, 3.05) is 44.8 Å². The van der Waals surface area contributed by atoms with Crippen molar-refractivity contribution >= 4 is 17.6 Å². The highest BCUT2D eigenvalue weighted by Crippen LogP contribution is 2.30. The third-order valence-electron chi connectivity index (χ3n) is 5.19. The van der Waals surface area contributed by atoms with Crippen molar-refractivity contribution < 1.29 is 19.1 Å². The molecule has 0 aliphatic carbocycles. The Kier molecular flexibility index (Phi) is 6.14. The molecule has 2 aliphatic rings. The summed E-state index contributed by atoms with van der Waals surface area (Å²) in [5.41, 5.74) is 2.15. The van der Waals surface area contributed by atoms with E-state index in [1.807, 2.05) is 30.0 Å². The van der Waals surface area contributed by atoms with Crippen LogP contribution in [0.5, 0.6) is 5.75 Å². The number of hydrogen-bond acceptors (Lipinski definition) is 5. The van der Waals surface area contributed by atoms with Gasteiger partial charge in [0, 0.05) is 18.8 Å². The van der Waals surface area contributed by atoms with Gasteiger partial charge in [0.15, 0.2) is 0 Å². The molecular formula is C20H28N2O4. The molecule has 0 radical (unpaired) electrons. The van der Waals surface area contributed by atoms with E-state index in [2.05, 4.69) is 4.90 Å². The summed E-state index contributed by atoms with van der Waals surface area (Å²) in [6, 6.07) is 5.90. The summed E-state index contributed by atoms with van der Waals surface area (Å²) >= 11 is 0. The Hall–Kier alpha value is -2.08. The predicted molar refractivity (Wildman–Crippen MR) is 99.5 cm³/mol. The summed E-state index contributed by atoms with van der Waals surface area (Å²) in [7, 11) is 1.66. The molecule has 1 aromatic carbocycles. The van der Waals surface area contributed by atoms with Gasteiger partial charge in [-0.05, 0) is 62.9 Å². The lowest BCUT2D eigenvalue weighted by atomic mass is 9.98. The summed E-state index contributed by atoms with van der Waals surface area (Å²) in [5.74, 6) is 0.668. The number of anilines is 1. The van der Waals surface area contributed by atoms with E-state index in [0.29, 0.717) is 19.7 Å². The fourth-order valence-electron chi connectivity index (χ4n) is 3.89. The van der Waals surface area contributed by atoms with Crippen LogP contribution in [-0.4, -0.2) is 56.7 Å². The number of benzene rings is 1. The third kappa shape index (κ3) is 4.18. The van der Waals surface area contributed by atoms with Crippen LogP contribution in [0.4, 0.5) is 5.69 Å². The zero-order valence-electron chi connectivity index (χ0n) is 15.7. The van der Waals surface area contributed by atoms with Crippen molar-refractivity contribution in [2.24, 2.45) is 5.92 Å². The highest BCUT2D eigenvalue weighted by Gasteiger charge is 2.30. The molecule has 3 rings (SSSR count). The van der Waals surface area contributed by atoms with Crippen molar-refractivity contribution in [2.45, 2.75) is 32.6 Å². The first-order valence-electron chi connectivity index (χ1n) is 9.48. The zero-order valence-corrected chi connectivity index (χ0v) is 15.7. The molecule has 1 amide bonds. The maximum Gasteiger partial charge on any atom is 0.310 e. The number of carbonyl (C=O) groups excluding carboxylic acids is 2. The molecular weight excluding hydrogens is 332 g/mol. The van der Waals surface area contributed by atoms with Crippen LogP contribution in [0, 0.1) is 5.92 Å². The average molecular weight is 360 g/mol. The second-order valence-electron chi connectivity index (χ2n) is 6.97. The van der Waals surface area contributed by atoms with Crippen LogP contribution in [0.25, 0.3) is 0 Å².